The van der Waals surface area contributed by atoms with Crippen LogP contribution in [-0.2, 0) is 0 Å². The molecule has 0 saturated heterocycles. The summed E-state index contributed by atoms with van der Waals surface area (Å²) in [5, 5.41) is 0. The maximum Gasteiger partial charge on any atom is 0.257 e. The van der Waals surface area contributed by atoms with Gasteiger partial charge in [-0.25, -0.2) is 4.98 Å². The number of rotatable bonds is 2. The Morgan fingerprint density at radius 3 is 2.67 bits per heavy atom. The Hall–Kier alpha value is -1.58. The molecule has 1 heterocycles. The lowest BCUT2D eigenvalue weighted by Gasteiger charge is -2.33. The smallest absolute Gasteiger partial charge is 0.257 e. The molecule has 1 saturated carbocycles. The predicted molar refractivity (Wildman–Crippen MR) is 72.2 cm³/mol. The van der Waals surface area contributed by atoms with E-state index in [1.54, 1.807) is 18.3 Å². The van der Waals surface area contributed by atoms with Crippen molar-refractivity contribution in [3.05, 3.63) is 23.9 Å². The van der Waals surface area contributed by atoms with Crippen molar-refractivity contribution in [3.63, 3.8) is 0 Å². The molecule has 1 aromatic heterocycles. The van der Waals surface area contributed by atoms with Crippen molar-refractivity contribution >= 4 is 11.7 Å². The van der Waals surface area contributed by atoms with E-state index in [-0.39, 0.29) is 5.91 Å². The summed E-state index contributed by atoms with van der Waals surface area (Å²) in [4.78, 5) is 18.2. The lowest BCUT2D eigenvalue weighted by atomic mass is 9.86. The van der Waals surface area contributed by atoms with Crippen molar-refractivity contribution in [1.82, 2.24) is 9.88 Å². The van der Waals surface area contributed by atoms with E-state index in [1.165, 1.54) is 12.8 Å². The number of nitrogens with two attached hydrogens (primary N) is 1. The van der Waals surface area contributed by atoms with Gasteiger partial charge in [0.2, 0.25) is 0 Å². The van der Waals surface area contributed by atoms with Crippen molar-refractivity contribution < 1.29 is 4.79 Å². The number of anilines is 1. The van der Waals surface area contributed by atoms with Gasteiger partial charge in [0.25, 0.3) is 5.91 Å². The topological polar surface area (TPSA) is 59.2 Å². The van der Waals surface area contributed by atoms with Crippen LogP contribution in [0, 0.1) is 5.92 Å². The van der Waals surface area contributed by atoms with Gasteiger partial charge in [-0.15, -0.1) is 0 Å². The molecular weight excluding hydrogens is 226 g/mol. The third kappa shape index (κ3) is 2.63. The minimum Gasteiger partial charge on any atom is -0.383 e. The van der Waals surface area contributed by atoms with Gasteiger partial charge >= 0.3 is 0 Å². The number of amides is 1. The third-order valence-corrected chi connectivity index (χ3v) is 3.92. The maximum absolute atomic E-state index is 12.4. The molecule has 0 radical (unpaired) electrons. The molecule has 0 bridgehead atoms. The van der Waals surface area contributed by atoms with E-state index in [9.17, 15) is 4.79 Å². The van der Waals surface area contributed by atoms with Crippen LogP contribution in [0.15, 0.2) is 18.3 Å². The second-order valence-electron chi connectivity index (χ2n) is 5.27. The standard InChI is InChI=1S/C14H21N3O/c1-10-5-7-11(8-6-10)17(2)14(18)12-4-3-9-16-13(12)15/h3-4,9-11H,5-8H2,1-2H3,(H2,15,16). The van der Waals surface area contributed by atoms with Crippen molar-refractivity contribution in [2.24, 2.45) is 5.92 Å². The van der Waals surface area contributed by atoms with Crippen LogP contribution >= 0.6 is 0 Å². The molecule has 0 unspecified atom stereocenters. The summed E-state index contributed by atoms with van der Waals surface area (Å²) < 4.78 is 0. The number of nitrogen functional groups attached to an aromatic ring is 1. The van der Waals surface area contributed by atoms with Crippen molar-refractivity contribution in [3.8, 4) is 0 Å². The molecule has 98 valence electrons. The highest BCUT2D eigenvalue weighted by molar-refractivity contribution is 5.98. The lowest BCUT2D eigenvalue weighted by molar-refractivity contribution is 0.0680. The van der Waals surface area contributed by atoms with Gasteiger partial charge in [0.1, 0.15) is 5.82 Å². The van der Waals surface area contributed by atoms with Gasteiger partial charge in [-0.1, -0.05) is 6.92 Å². The zero-order chi connectivity index (χ0) is 13.1. The molecule has 1 aliphatic rings. The molecule has 2 rings (SSSR count). The first-order chi connectivity index (χ1) is 8.59. The van der Waals surface area contributed by atoms with E-state index in [0.717, 1.165) is 18.8 Å². The van der Waals surface area contributed by atoms with Crippen LogP contribution in [0.4, 0.5) is 5.82 Å². The summed E-state index contributed by atoms with van der Waals surface area (Å²) >= 11 is 0. The van der Waals surface area contributed by atoms with Gasteiger partial charge in [0.05, 0.1) is 5.56 Å². The van der Waals surface area contributed by atoms with Gasteiger partial charge in [-0.05, 0) is 43.7 Å². The molecule has 4 nitrogen and oxygen atoms in total. The average molecular weight is 247 g/mol. The fraction of sp³-hybridized carbons (Fsp3) is 0.571. The van der Waals surface area contributed by atoms with E-state index >= 15 is 0 Å². The number of carbonyl (C=O) groups is 1. The highest BCUT2D eigenvalue weighted by atomic mass is 16.2. The molecule has 18 heavy (non-hydrogen) atoms. The highest BCUT2D eigenvalue weighted by Crippen LogP contribution is 2.27. The van der Waals surface area contributed by atoms with E-state index in [2.05, 4.69) is 11.9 Å². The summed E-state index contributed by atoms with van der Waals surface area (Å²) in [7, 11) is 1.87. The Morgan fingerprint density at radius 2 is 2.06 bits per heavy atom. The summed E-state index contributed by atoms with van der Waals surface area (Å²) in [6, 6.07) is 3.83. The van der Waals surface area contributed by atoms with Crippen molar-refractivity contribution in [2.75, 3.05) is 12.8 Å². The van der Waals surface area contributed by atoms with E-state index < -0.39 is 0 Å². The Bertz CT molecular complexity index is 425. The number of carbonyl (C=O) groups excluding carboxylic acids is 1. The number of pyridine rings is 1. The third-order valence-electron chi connectivity index (χ3n) is 3.92. The predicted octanol–water partition coefficient (Wildman–Crippen LogP) is 2.31. The fourth-order valence-electron chi connectivity index (χ4n) is 2.58. The Kier molecular flexibility index (Phi) is 3.84. The zero-order valence-electron chi connectivity index (χ0n) is 11.1. The number of hydrogen-bond acceptors (Lipinski definition) is 3. The van der Waals surface area contributed by atoms with Crippen LogP contribution in [0.1, 0.15) is 43.0 Å². The van der Waals surface area contributed by atoms with Gasteiger partial charge in [0.15, 0.2) is 0 Å². The van der Waals surface area contributed by atoms with Crippen LogP contribution in [0.2, 0.25) is 0 Å². The molecule has 0 aliphatic heterocycles. The lowest BCUT2D eigenvalue weighted by Crippen LogP contribution is -2.39. The first-order valence-corrected chi connectivity index (χ1v) is 6.57. The number of aromatic nitrogens is 1. The summed E-state index contributed by atoms with van der Waals surface area (Å²) in [6.45, 7) is 2.27. The summed E-state index contributed by atoms with van der Waals surface area (Å²) in [5.41, 5.74) is 6.26. The van der Waals surface area contributed by atoms with Crippen LogP contribution in [0.3, 0.4) is 0 Å². The molecule has 0 spiro atoms. The highest BCUT2D eigenvalue weighted by Gasteiger charge is 2.26. The summed E-state index contributed by atoms with van der Waals surface area (Å²) in [6.07, 6.45) is 6.18. The van der Waals surface area contributed by atoms with E-state index in [4.69, 9.17) is 5.73 Å². The second-order valence-corrected chi connectivity index (χ2v) is 5.27. The van der Waals surface area contributed by atoms with Crippen LogP contribution in [0.5, 0.6) is 0 Å². The Balaban J connectivity index is 2.07. The van der Waals surface area contributed by atoms with Crippen LogP contribution in [-0.4, -0.2) is 28.9 Å². The normalized spacial score (nSPS) is 23.7. The van der Waals surface area contributed by atoms with Crippen molar-refractivity contribution in [2.45, 2.75) is 38.6 Å². The Labute approximate surface area is 108 Å². The molecule has 2 N–H and O–H groups in total. The fourth-order valence-corrected chi connectivity index (χ4v) is 2.58. The SMILES string of the molecule is CC1CCC(N(C)C(=O)c2cccnc2N)CC1. The molecule has 0 aromatic carbocycles. The molecule has 1 aliphatic carbocycles. The second kappa shape index (κ2) is 5.38. The van der Waals surface area contributed by atoms with Crippen LogP contribution < -0.4 is 5.73 Å². The van der Waals surface area contributed by atoms with Gasteiger partial charge < -0.3 is 10.6 Å². The minimum atomic E-state index is -0.0137. The first-order valence-electron chi connectivity index (χ1n) is 6.57. The molecule has 4 heteroatoms. The van der Waals surface area contributed by atoms with Gasteiger partial charge in [-0.2, -0.15) is 0 Å². The minimum absolute atomic E-state index is 0.0137. The molecule has 0 atom stereocenters. The van der Waals surface area contributed by atoms with Gasteiger partial charge in [0, 0.05) is 19.3 Å². The number of hydrogen-bond donors (Lipinski definition) is 1. The van der Waals surface area contributed by atoms with E-state index in [1.807, 2.05) is 11.9 Å². The van der Waals surface area contributed by atoms with Crippen LogP contribution in [0.25, 0.3) is 0 Å². The zero-order valence-corrected chi connectivity index (χ0v) is 11.1. The van der Waals surface area contributed by atoms with E-state index in [0.29, 0.717) is 17.4 Å². The molecule has 1 amide bonds. The van der Waals surface area contributed by atoms with Gasteiger partial charge in [-0.3, -0.25) is 4.79 Å². The quantitative estimate of drug-likeness (QED) is 0.872. The maximum atomic E-state index is 12.4. The number of nitrogens with zero attached hydrogens (tertiary/aromatic N) is 2. The molecule has 1 fully saturated rings. The average Bonchev–Trinajstić information content (AvgIpc) is 2.38. The summed E-state index contributed by atoms with van der Waals surface area (Å²) in [5.74, 6) is 1.09. The van der Waals surface area contributed by atoms with Crippen molar-refractivity contribution in [1.29, 1.82) is 0 Å². The first kappa shape index (κ1) is 12.9. The Morgan fingerprint density at radius 1 is 1.39 bits per heavy atom. The monoisotopic (exact) mass is 247 g/mol. The largest absolute Gasteiger partial charge is 0.383 e. The molecular formula is C14H21N3O. The molecule has 1 aromatic rings.